The van der Waals surface area contributed by atoms with Gasteiger partial charge in [0.1, 0.15) is 0 Å². The molecule has 3 heteroatoms. The van der Waals surface area contributed by atoms with Crippen molar-refractivity contribution in [2.24, 2.45) is 11.3 Å². The summed E-state index contributed by atoms with van der Waals surface area (Å²) in [5.74, 6) is 5.78. The van der Waals surface area contributed by atoms with E-state index in [4.69, 9.17) is 10.6 Å². The zero-order valence-electron chi connectivity index (χ0n) is 11.2. The molecule has 1 aliphatic heterocycles. The van der Waals surface area contributed by atoms with Crippen LogP contribution in [0.3, 0.4) is 0 Å². The van der Waals surface area contributed by atoms with Gasteiger partial charge < -0.3 is 4.74 Å². The minimum Gasteiger partial charge on any atom is -0.378 e. The number of hydrazine groups is 1. The molecule has 0 amide bonds. The average molecular weight is 240 g/mol. The van der Waals surface area contributed by atoms with Crippen molar-refractivity contribution in [3.8, 4) is 0 Å². The standard InChI is InChI=1S/C14H28N2O/c1-14(9-3-2-4-10-14)13(16-15)8-7-12-6-5-11-17-12/h12-13,16H,2-11,15H2,1H3. The van der Waals surface area contributed by atoms with Gasteiger partial charge in [-0.15, -0.1) is 0 Å². The maximum absolute atomic E-state index is 5.78. The highest BCUT2D eigenvalue weighted by Crippen LogP contribution is 2.40. The molecule has 2 unspecified atom stereocenters. The zero-order valence-corrected chi connectivity index (χ0v) is 11.2. The number of ether oxygens (including phenoxy) is 1. The lowest BCUT2D eigenvalue weighted by Crippen LogP contribution is -2.48. The molecule has 1 saturated heterocycles. The molecule has 0 aromatic heterocycles. The normalized spacial score (nSPS) is 30.4. The van der Waals surface area contributed by atoms with Crippen molar-refractivity contribution in [1.29, 1.82) is 0 Å². The van der Waals surface area contributed by atoms with Crippen molar-refractivity contribution in [1.82, 2.24) is 5.43 Å². The molecule has 2 fully saturated rings. The Hall–Kier alpha value is -0.120. The summed E-state index contributed by atoms with van der Waals surface area (Å²) in [6, 6.07) is 0.465. The number of hydrogen-bond donors (Lipinski definition) is 2. The van der Waals surface area contributed by atoms with Crippen LogP contribution in [0.15, 0.2) is 0 Å². The summed E-state index contributed by atoms with van der Waals surface area (Å²) in [6.07, 6.45) is 12.1. The van der Waals surface area contributed by atoms with Crippen molar-refractivity contribution in [3.05, 3.63) is 0 Å². The fraction of sp³-hybridized carbons (Fsp3) is 1.00. The second kappa shape index (κ2) is 6.17. The molecule has 2 rings (SSSR count). The van der Waals surface area contributed by atoms with Gasteiger partial charge in [-0.25, -0.2) is 0 Å². The van der Waals surface area contributed by atoms with Crippen LogP contribution in [0.25, 0.3) is 0 Å². The quantitative estimate of drug-likeness (QED) is 0.574. The van der Waals surface area contributed by atoms with Crippen molar-refractivity contribution in [3.63, 3.8) is 0 Å². The van der Waals surface area contributed by atoms with E-state index in [0.717, 1.165) is 13.0 Å². The van der Waals surface area contributed by atoms with E-state index in [1.165, 1.54) is 51.4 Å². The summed E-state index contributed by atoms with van der Waals surface area (Å²) in [4.78, 5) is 0. The van der Waals surface area contributed by atoms with E-state index >= 15 is 0 Å². The molecule has 1 aliphatic carbocycles. The fourth-order valence-corrected chi connectivity index (χ4v) is 3.57. The highest BCUT2D eigenvalue weighted by Gasteiger charge is 2.35. The lowest BCUT2D eigenvalue weighted by atomic mass is 9.69. The molecule has 0 spiro atoms. The fourth-order valence-electron chi connectivity index (χ4n) is 3.57. The molecular formula is C14H28N2O. The van der Waals surface area contributed by atoms with E-state index in [2.05, 4.69) is 12.3 Å². The van der Waals surface area contributed by atoms with E-state index in [-0.39, 0.29) is 0 Å². The second-order valence-corrected chi connectivity index (χ2v) is 6.15. The Morgan fingerprint density at radius 2 is 2.06 bits per heavy atom. The predicted octanol–water partition coefficient (Wildman–Crippen LogP) is 2.75. The lowest BCUT2D eigenvalue weighted by molar-refractivity contribution is 0.0820. The van der Waals surface area contributed by atoms with Gasteiger partial charge in [0.25, 0.3) is 0 Å². The third kappa shape index (κ3) is 3.43. The Morgan fingerprint density at radius 3 is 2.65 bits per heavy atom. The molecule has 1 heterocycles. The van der Waals surface area contributed by atoms with Gasteiger partial charge in [-0.1, -0.05) is 26.2 Å². The predicted molar refractivity (Wildman–Crippen MR) is 70.5 cm³/mol. The Morgan fingerprint density at radius 1 is 1.29 bits per heavy atom. The Bertz CT molecular complexity index is 220. The maximum atomic E-state index is 5.78. The van der Waals surface area contributed by atoms with Crippen LogP contribution in [-0.4, -0.2) is 18.8 Å². The van der Waals surface area contributed by atoms with E-state index in [0.29, 0.717) is 17.6 Å². The largest absolute Gasteiger partial charge is 0.378 e. The van der Waals surface area contributed by atoms with Crippen molar-refractivity contribution in [2.75, 3.05) is 6.61 Å². The lowest BCUT2D eigenvalue weighted by Gasteiger charge is -2.40. The van der Waals surface area contributed by atoms with Crippen LogP contribution in [0, 0.1) is 5.41 Å². The zero-order chi connectivity index (χ0) is 12.1. The van der Waals surface area contributed by atoms with Gasteiger partial charge in [0.05, 0.1) is 6.10 Å². The first-order valence-corrected chi connectivity index (χ1v) is 7.32. The van der Waals surface area contributed by atoms with Crippen LogP contribution in [0.4, 0.5) is 0 Å². The van der Waals surface area contributed by atoms with E-state index in [1.807, 2.05) is 0 Å². The van der Waals surface area contributed by atoms with Crippen LogP contribution < -0.4 is 11.3 Å². The second-order valence-electron chi connectivity index (χ2n) is 6.15. The van der Waals surface area contributed by atoms with Crippen molar-refractivity contribution >= 4 is 0 Å². The summed E-state index contributed by atoms with van der Waals surface area (Å²) >= 11 is 0. The van der Waals surface area contributed by atoms with E-state index in [9.17, 15) is 0 Å². The monoisotopic (exact) mass is 240 g/mol. The van der Waals surface area contributed by atoms with Gasteiger partial charge in [0.2, 0.25) is 0 Å². The van der Waals surface area contributed by atoms with Crippen molar-refractivity contribution < 1.29 is 4.74 Å². The molecule has 0 aromatic carbocycles. The minimum absolute atomic E-state index is 0.408. The Labute approximate surface area is 105 Å². The smallest absolute Gasteiger partial charge is 0.0576 e. The number of nitrogens with one attached hydrogen (secondary N) is 1. The first kappa shape index (κ1) is 13.3. The maximum Gasteiger partial charge on any atom is 0.0576 e. The first-order valence-electron chi connectivity index (χ1n) is 7.32. The molecule has 1 saturated carbocycles. The van der Waals surface area contributed by atoms with Crippen LogP contribution in [0.5, 0.6) is 0 Å². The number of hydrogen-bond acceptors (Lipinski definition) is 3. The highest BCUT2D eigenvalue weighted by molar-refractivity contribution is 4.89. The first-order chi connectivity index (χ1) is 8.24. The highest BCUT2D eigenvalue weighted by atomic mass is 16.5. The third-order valence-corrected chi connectivity index (χ3v) is 4.84. The van der Waals surface area contributed by atoms with Gasteiger partial charge in [0.15, 0.2) is 0 Å². The number of nitrogens with two attached hydrogens (primary N) is 1. The molecule has 0 radical (unpaired) electrons. The van der Waals surface area contributed by atoms with Crippen LogP contribution >= 0.6 is 0 Å². The average Bonchev–Trinajstić information content (AvgIpc) is 2.83. The Balaban J connectivity index is 1.81. The van der Waals surface area contributed by atoms with Crippen LogP contribution in [0.1, 0.15) is 64.7 Å². The third-order valence-electron chi connectivity index (χ3n) is 4.84. The van der Waals surface area contributed by atoms with Gasteiger partial charge in [0, 0.05) is 12.6 Å². The summed E-state index contributed by atoms with van der Waals surface area (Å²) in [6.45, 7) is 3.37. The molecule has 0 aromatic rings. The molecular weight excluding hydrogens is 212 g/mol. The number of rotatable bonds is 5. The summed E-state index contributed by atoms with van der Waals surface area (Å²) < 4.78 is 5.70. The molecule has 2 atom stereocenters. The summed E-state index contributed by atoms with van der Waals surface area (Å²) in [5.41, 5.74) is 3.49. The molecule has 100 valence electrons. The summed E-state index contributed by atoms with van der Waals surface area (Å²) in [7, 11) is 0. The molecule has 3 nitrogen and oxygen atoms in total. The molecule has 3 N–H and O–H groups in total. The van der Waals surface area contributed by atoms with Gasteiger partial charge in [-0.2, -0.15) is 0 Å². The van der Waals surface area contributed by atoms with Crippen LogP contribution in [0.2, 0.25) is 0 Å². The van der Waals surface area contributed by atoms with Crippen LogP contribution in [-0.2, 0) is 4.74 Å². The van der Waals surface area contributed by atoms with E-state index in [1.54, 1.807) is 0 Å². The SMILES string of the molecule is CC1(C(CCC2CCCO2)NN)CCCCC1. The van der Waals surface area contributed by atoms with E-state index < -0.39 is 0 Å². The van der Waals surface area contributed by atoms with Gasteiger partial charge >= 0.3 is 0 Å². The molecule has 2 aliphatic rings. The van der Waals surface area contributed by atoms with Crippen molar-refractivity contribution in [2.45, 2.75) is 76.9 Å². The summed E-state index contributed by atoms with van der Waals surface area (Å²) in [5, 5.41) is 0. The molecule has 17 heavy (non-hydrogen) atoms. The molecule has 0 bridgehead atoms. The topological polar surface area (TPSA) is 47.3 Å². The Kier molecular flexibility index (Phi) is 4.83. The minimum atomic E-state index is 0.408. The van der Waals surface area contributed by atoms with Gasteiger partial charge in [-0.05, 0) is 43.9 Å². The van der Waals surface area contributed by atoms with Gasteiger partial charge in [-0.3, -0.25) is 11.3 Å².